The van der Waals surface area contributed by atoms with Crippen LogP contribution in [0.15, 0.2) is 46.9 Å². The molecule has 0 fully saturated rings. The van der Waals surface area contributed by atoms with Gasteiger partial charge in [0.05, 0.1) is 25.8 Å². The number of rotatable bonds is 10. The number of esters is 1. The molecule has 1 aromatic heterocycles. The number of amides is 1. The zero-order chi connectivity index (χ0) is 24.5. The van der Waals surface area contributed by atoms with Crippen molar-refractivity contribution in [2.75, 3.05) is 19.0 Å². The van der Waals surface area contributed by atoms with Gasteiger partial charge in [-0.25, -0.2) is 4.79 Å². The van der Waals surface area contributed by atoms with E-state index in [4.69, 9.17) is 4.74 Å². The van der Waals surface area contributed by atoms with Crippen LogP contribution >= 0.6 is 0 Å². The third-order valence-electron chi connectivity index (χ3n) is 5.06. The first-order valence-corrected chi connectivity index (χ1v) is 11.1. The van der Waals surface area contributed by atoms with E-state index in [1.54, 1.807) is 35.3 Å². The van der Waals surface area contributed by atoms with Crippen molar-refractivity contribution in [3.8, 4) is 0 Å². The molecule has 2 aromatic rings. The molecule has 1 aromatic carbocycles. The van der Waals surface area contributed by atoms with Crippen LogP contribution in [0.1, 0.15) is 43.7 Å². The molecule has 2 heterocycles. The Bertz CT molecular complexity index is 1090. The van der Waals surface area contributed by atoms with Crippen LogP contribution < -0.4 is 5.32 Å². The number of methoxy groups -OCH3 is 1. The Hall–Kier alpha value is -3.82. The van der Waals surface area contributed by atoms with E-state index in [1.807, 2.05) is 19.9 Å². The van der Waals surface area contributed by atoms with Gasteiger partial charge in [-0.2, -0.15) is 15.3 Å². The van der Waals surface area contributed by atoms with Gasteiger partial charge in [-0.3, -0.25) is 19.6 Å². The summed E-state index contributed by atoms with van der Waals surface area (Å²) in [4.78, 5) is 36.3. The SMILES string of the molecule is COC(=O)CCCn1cc(C2C=NN=C(Cc3cccc(NC(=O)OCC(C)C)c3)C2=O)cn1. The van der Waals surface area contributed by atoms with Crippen LogP contribution in [0.4, 0.5) is 10.5 Å². The lowest BCUT2D eigenvalue weighted by Crippen LogP contribution is -2.27. The molecule has 0 aliphatic carbocycles. The van der Waals surface area contributed by atoms with Crippen molar-refractivity contribution in [1.82, 2.24) is 9.78 Å². The van der Waals surface area contributed by atoms with Crippen molar-refractivity contribution in [2.24, 2.45) is 16.1 Å². The largest absolute Gasteiger partial charge is 0.469 e. The number of hydrogen-bond acceptors (Lipinski definition) is 8. The van der Waals surface area contributed by atoms with Crippen LogP contribution in [-0.2, 0) is 32.0 Å². The summed E-state index contributed by atoms with van der Waals surface area (Å²) in [5.74, 6) is -0.754. The molecule has 0 saturated heterocycles. The summed E-state index contributed by atoms with van der Waals surface area (Å²) >= 11 is 0. The quantitative estimate of drug-likeness (QED) is 0.534. The van der Waals surface area contributed by atoms with E-state index >= 15 is 0 Å². The average Bonchev–Trinajstić information content (AvgIpc) is 3.28. The number of aryl methyl sites for hydroxylation is 1. The number of carbonyl (C=O) groups is 3. The molecule has 1 amide bonds. The molecule has 0 spiro atoms. The summed E-state index contributed by atoms with van der Waals surface area (Å²) in [5.41, 5.74) is 2.42. The van der Waals surface area contributed by atoms with Gasteiger partial charge >= 0.3 is 12.1 Å². The third kappa shape index (κ3) is 7.09. The van der Waals surface area contributed by atoms with Crippen molar-refractivity contribution in [3.05, 3.63) is 47.8 Å². The number of benzene rings is 1. The van der Waals surface area contributed by atoms with Crippen LogP contribution in [0.5, 0.6) is 0 Å². The Morgan fingerprint density at radius 3 is 2.85 bits per heavy atom. The van der Waals surface area contributed by atoms with Gasteiger partial charge in [0.15, 0.2) is 5.78 Å². The standard InChI is InChI=1S/C24H29N5O5/c1-16(2)15-34-24(32)27-19-7-4-6-17(10-19)11-21-23(31)20(13-25-28-21)18-12-26-29(14-18)9-5-8-22(30)33-3/h4,6-7,10,12-14,16,20H,5,8-9,11,15H2,1-3H3,(H,27,32). The maximum Gasteiger partial charge on any atom is 0.411 e. The Morgan fingerprint density at radius 1 is 1.26 bits per heavy atom. The van der Waals surface area contributed by atoms with E-state index in [2.05, 4.69) is 25.4 Å². The predicted molar refractivity (Wildman–Crippen MR) is 127 cm³/mol. The van der Waals surface area contributed by atoms with Gasteiger partial charge in [-0.05, 0) is 30.0 Å². The number of carbonyl (C=O) groups excluding carboxylic acids is 3. The van der Waals surface area contributed by atoms with E-state index in [-0.39, 0.29) is 24.1 Å². The number of hydrogen-bond donors (Lipinski definition) is 1. The summed E-state index contributed by atoms with van der Waals surface area (Å²) in [5, 5.41) is 15.1. The van der Waals surface area contributed by atoms with Gasteiger partial charge in [-0.15, -0.1) is 0 Å². The van der Waals surface area contributed by atoms with Crippen molar-refractivity contribution < 1.29 is 23.9 Å². The summed E-state index contributed by atoms with van der Waals surface area (Å²) < 4.78 is 11.5. The van der Waals surface area contributed by atoms with Crippen LogP contribution in [0.3, 0.4) is 0 Å². The highest BCUT2D eigenvalue weighted by Gasteiger charge is 2.28. The minimum Gasteiger partial charge on any atom is -0.469 e. The fourth-order valence-corrected chi connectivity index (χ4v) is 3.32. The predicted octanol–water partition coefficient (Wildman–Crippen LogP) is 3.38. The maximum atomic E-state index is 13.1. The second-order valence-corrected chi connectivity index (χ2v) is 8.36. The number of ketones is 1. The highest BCUT2D eigenvalue weighted by atomic mass is 16.5. The molecule has 0 bridgehead atoms. The topological polar surface area (TPSA) is 124 Å². The molecule has 10 nitrogen and oxygen atoms in total. The number of aromatic nitrogens is 2. The molecular formula is C24H29N5O5. The first-order valence-electron chi connectivity index (χ1n) is 11.1. The molecule has 1 aliphatic rings. The van der Waals surface area contributed by atoms with Gasteiger partial charge in [0.25, 0.3) is 0 Å². The second-order valence-electron chi connectivity index (χ2n) is 8.36. The number of nitrogens with one attached hydrogen (secondary N) is 1. The smallest absolute Gasteiger partial charge is 0.411 e. The molecule has 1 N–H and O–H groups in total. The van der Waals surface area contributed by atoms with E-state index in [9.17, 15) is 14.4 Å². The molecule has 0 radical (unpaired) electrons. The molecule has 34 heavy (non-hydrogen) atoms. The zero-order valence-corrected chi connectivity index (χ0v) is 19.6. The molecule has 1 atom stereocenters. The molecule has 0 saturated carbocycles. The fraction of sp³-hybridized carbons (Fsp3) is 0.417. The first-order chi connectivity index (χ1) is 16.4. The normalized spacial score (nSPS) is 15.2. The van der Waals surface area contributed by atoms with Gasteiger partial charge < -0.3 is 9.47 Å². The van der Waals surface area contributed by atoms with Crippen molar-refractivity contribution in [1.29, 1.82) is 0 Å². The lowest BCUT2D eigenvalue weighted by atomic mass is 9.92. The molecule has 3 rings (SSSR count). The van der Waals surface area contributed by atoms with Crippen molar-refractivity contribution in [2.45, 2.75) is 45.6 Å². The Morgan fingerprint density at radius 2 is 2.09 bits per heavy atom. The van der Waals surface area contributed by atoms with Crippen molar-refractivity contribution >= 4 is 35.5 Å². The Balaban J connectivity index is 1.60. The summed E-state index contributed by atoms with van der Waals surface area (Å²) in [6, 6.07) is 7.17. The van der Waals surface area contributed by atoms with Crippen LogP contribution in [0.25, 0.3) is 0 Å². The fourth-order valence-electron chi connectivity index (χ4n) is 3.32. The molecule has 1 unspecified atom stereocenters. The van der Waals surface area contributed by atoms with Gasteiger partial charge in [0.2, 0.25) is 0 Å². The van der Waals surface area contributed by atoms with Crippen LogP contribution in [0, 0.1) is 5.92 Å². The summed E-state index contributed by atoms with van der Waals surface area (Å²) in [7, 11) is 1.36. The minimum absolute atomic E-state index is 0.154. The highest BCUT2D eigenvalue weighted by molar-refractivity contribution is 6.45. The maximum absolute atomic E-state index is 13.1. The lowest BCUT2D eigenvalue weighted by Gasteiger charge is -2.14. The number of nitrogens with zero attached hydrogens (tertiary/aromatic N) is 4. The van der Waals surface area contributed by atoms with Crippen molar-refractivity contribution in [3.63, 3.8) is 0 Å². The third-order valence-corrected chi connectivity index (χ3v) is 5.06. The summed E-state index contributed by atoms with van der Waals surface area (Å²) in [6.07, 6.45) is 5.55. The summed E-state index contributed by atoms with van der Waals surface area (Å²) in [6.45, 7) is 4.79. The minimum atomic E-state index is -0.575. The van der Waals surface area contributed by atoms with Gasteiger partial charge in [0.1, 0.15) is 5.71 Å². The first kappa shape index (κ1) is 24.8. The molecular weight excluding hydrogens is 438 g/mol. The molecule has 10 heteroatoms. The van der Waals surface area contributed by atoms with Gasteiger partial charge in [0, 0.05) is 43.0 Å². The van der Waals surface area contributed by atoms with E-state index in [1.165, 1.54) is 13.3 Å². The van der Waals surface area contributed by atoms with Crippen LogP contribution in [-0.4, -0.2) is 53.3 Å². The van der Waals surface area contributed by atoms with E-state index in [0.29, 0.717) is 43.0 Å². The van der Waals surface area contributed by atoms with E-state index in [0.717, 1.165) is 5.56 Å². The Kier molecular flexibility index (Phi) is 8.66. The van der Waals surface area contributed by atoms with E-state index < -0.39 is 12.0 Å². The highest BCUT2D eigenvalue weighted by Crippen LogP contribution is 2.21. The van der Waals surface area contributed by atoms with Crippen LogP contribution in [0.2, 0.25) is 0 Å². The monoisotopic (exact) mass is 467 g/mol. The van der Waals surface area contributed by atoms with Gasteiger partial charge in [-0.1, -0.05) is 26.0 Å². The number of anilines is 1. The number of Topliss-reactive ketones (excluding diaryl/α,β-unsaturated/α-hetero) is 1. The Labute approximate surface area is 198 Å². The number of ether oxygens (including phenoxy) is 2. The zero-order valence-electron chi connectivity index (χ0n) is 19.6. The second kappa shape index (κ2) is 11.9. The lowest BCUT2D eigenvalue weighted by molar-refractivity contribution is -0.140. The average molecular weight is 468 g/mol. The molecule has 1 aliphatic heterocycles. The molecule has 180 valence electrons.